The summed E-state index contributed by atoms with van der Waals surface area (Å²) in [5.74, 6) is -1.41. The van der Waals surface area contributed by atoms with Gasteiger partial charge in [0.25, 0.3) is 5.91 Å². The molecule has 0 saturated carbocycles. The highest BCUT2D eigenvalue weighted by molar-refractivity contribution is 5.95. The number of carbonyl (C=O) groups is 2. The molecule has 1 fully saturated rings. The monoisotopic (exact) mass is 293 g/mol. The van der Waals surface area contributed by atoms with E-state index in [4.69, 9.17) is 0 Å². The zero-order valence-corrected chi connectivity index (χ0v) is 12.4. The Balaban J connectivity index is 2.18. The molecule has 0 radical (unpaired) electrons. The molecular formula is C16H20FNO3. The lowest BCUT2D eigenvalue weighted by molar-refractivity contribution is -0.148. The summed E-state index contributed by atoms with van der Waals surface area (Å²) in [5.41, 5.74) is -0.0101. The number of nitrogens with zero attached hydrogens (tertiary/aromatic N) is 1. The third kappa shape index (κ3) is 2.91. The Morgan fingerprint density at radius 2 is 2.14 bits per heavy atom. The van der Waals surface area contributed by atoms with Gasteiger partial charge < -0.3 is 10.0 Å². The fourth-order valence-corrected chi connectivity index (χ4v) is 2.97. The van der Waals surface area contributed by atoms with Crippen molar-refractivity contribution < 1.29 is 19.1 Å². The zero-order valence-electron chi connectivity index (χ0n) is 12.4. The van der Waals surface area contributed by atoms with E-state index in [0.717, 1.165) is 6.42 Å². The van der Waals surface area contributed by atoms with Gasteiger partial charge in [-0.05, 0) is 43.5 Å². The average Bonchev–Trinajstić information content (AvgIpc) is 2.87. The van der Waals surface area contributed by atoms with E-state index < -0.39 is 11.4 Å². The highest BCUT2D eigenvalue weighted by Crippen LogP contribution is 2.36. The fourth-order valence-electron chi connectivity index (χ4n) is 2.97. The minimum Gasteiger partial charge on any atom is -0.481 e. The number of hydrogen-bond donors (Lipinski definition) is 1. The van der Waals surface area contributed by atoms with Gasteiger partial charge in [0.05, 0.1) is 5.41 Å². The molecule has 0 spiro atoms. The van der Waals surface area contributed by atoms with Gasteiger partial charge in [0.15, 0.2) is 0 Å². The van der Waals surface area contributed by atoms with Gasteiger partial charge in [0.1, 0.15) is 5.82 Å². The van der Waals surface area contributed by atoms with E-state index in [0.29, 0.717) is 30.5 Å². The average molecular weight is 293 g/mol. The summed E-state index contributed by atoms with van der Waals surface area (Å²) in [5, 5.41) is 9.46. The lowest BCUT2D eigenvalue weighted by Gasteiger charge is -2.24. The molecule has 1 heterocycles. The van der Waals surface area contributed by atoms with Crippen LogP contribution in [-0.2, 0) is 4.79 Å². The molecule has 0 bridgehead atoms. The molecule has 2 rings (SSSR count). The summed E-state index contributed by atoms with van der Waals surface area (Å²) in [6.07, 6.45) is 1.81. The van der Waals surface area contributed by atoms with Crippen molar-refractivity contribution in [1.82, 2.24) is 4.90 Å². The fraction of sp³-hybridized carbons (Fsp3) is 0.500. The van der Waals surface area contributed by atoms with Crippen molar-refractivity contribution in [3.8, 4) is 0 Å². The molecule has 1 atom stereocenters. The maximum Gasteiger partial charge on any atom is 0.311 e. The first-order valence-corrected chi connectivity index (χ1v) is 7.18. The highest BCUT2D eigenvalue weighted by atomic mass is 19.1. The van der Waals surface area contributed by atoms with Gasteiger partial charge in [-0.15, -0.1) is 0 Å². The van der Waals surface area contributed by atoms with Crippen molar-refractivity contribution in [3.05, 3.63) is 35.1 Å². The summed E-state index contributed by atoms with van der Waals surface area (Å²) in [6.45, 7) is 4.21. The first-order chi connectivity index (χ1) is 9.89. The van der Waals surface area contributed by atoms with Gasteiger partial charge in [-0.1, -0.05) is 13.3 Å². The largest absolute Gasteiger partial charge is 0.481 e. The van der Waals surface area contributed by atoms with Crippen LogP contribution in [0.3, 0.4) is 0 Å². The van der Waals surface area contributed by atoms with E-state index in [9.17, 15) is 19.1 Å². The smallest absolute Gasteiger partial charge is 0.311 e. The van der Waals surface area contributed by atoms with Crippen LogP contribution in [0.2, 0.25) is 0 Å². The SMILES string of the molecule is CCCC1(C(=O)O)CCN(C(=O)c2ccc(F)c(C)c2)C1. The molecule has 4 nitrogen and oxygen atoms in total. The van der Waals surface area contributed by atoms with Crippen molar-refractivity contribution in [3.63, 3.8) is 0 Å². The van der Waals surface area contributed by atoms with E-state index >= 15 is 0 Å². The van der Waals surface area contributed by atoms with Crippen molar-refractivity contribution in [2.45, 2.75) is 33.1 Å². The predicted molar refractivity (Wildman–Crippen MR) is 76.6 cm³/mol. The van der Waals surface area contributed by atoms with Gasteiger partial charge in [-0.25, -0.2) is 4.39 Å². The van der Waals surface area contributed by atoms with Crippen LogP contribution in [0, 0.1) is 18.2 Å². The molecule has 1 saturated heterocycles. The Kier molecular flexibility index (Phi) is 4.30. The third-order valence-corrected chi connectivity index (χ3v) is 4.23. The van der Waals surface area contributed by atoms with E-state index in [1.165, 1.54) is 18.2 Å². The van der Waals surface area contributed by atoms with Crippen LogP contribution in [0.5, 0.6) is 0 Å². The van der Waals surface area contributed by atoms with Crippen LogP contribution in [0.15, 0.2) is 18.2 Å². The van der Waals surface area contributed by atoms with E-state index in [1.807, 2.05) is 6.92 Å². The normalized spacial score (nSPS) is 21.6. The number of carboxylic acid groups (broad SMARTS) is 1. The van der Waals surface area contributed by atoms with Crippen LogP contribution < -0.4 is 0 Å². The Morgan fingerprint density at radius 3 is 2.71 bits per heavy atom. The highest BCUT2D eigenvalue weighted by Gasteiger charge is 2.45. The van der Waals surface area contributed by atoms with Gasteiger partial charge >= 0.3 is 5.97 Å². The number of likely N-dealkylation sites (tertiary alicyclic amines) is 1. The van der Waals surface area contributed by atoms with Crippen molar-refractivity contribution in [1.29, 1.82) is 0 Å². The molecule has 1 N–H and O–H groups in total. The molecule has 0 aromatic heterocycles. The Labute approximate surface area is 123 Å². The summed E-state index contributed by atoms with van der Waals surface area (Å²) in [4.78, 5) is 25.5. The molecule has 1 aliphatic heterocycles. The van der Waals surface area contributed by atoms with Crippen LogP contribution in [0.4, 0.5) is 4.39 Å². The van der Waals surface area contributed by atoms with Crippen molar-refractivity contribution >= 4 is 11.9 Å². The minimum atomic E-state index is -0.838. The molecular weight excluding hydrogens is 273 g/mol. The summed E-state index contributed by atoms with van der Waals surface area (Å²) in [6, 6.07) is 4.23. The number of aryl methyl sites for hydroxylation is 1. The maximum atomic E-state index is 13.3. The molecule has 1 aromatic carbocycles. The van der Waals surface area contributed by atoms with Gasteiger partial charge in [0.2, 0.25) is 0 Å². The minimum absolute atomic E-state index is 0.225. The van der Waals surface area contributed by atoms with Gasteiger partial charge in [0, 0.05) is 18.7 Å². The van der Waals surface area contributed by atoms with Gasteiger partial charge in [-0.3, -0.25) is 9.59 Å². The number of amides is 1. The maximum absolute atomic E-state index is 13.3. The molecule has 1 aliphatic rings. The van der Waals surface area contributed by atoms with Crippen molar-refractivity contribution in [2.75, 3.05) is 13.1 Å². The van der Waals surface area contributed by atoms with E-state index in [-0.39, 0.29) is 18.3 Å². The first-order valence-electron chi connectivity index (χ1n) is 7.18. The summed E-state index contributed by atoms with van der Waals surface area (Å²) >= 11 is 0. The molecule has 1 unspecified atom stereocenters. The number of halogens is 1. The number of carboxylic acids is 1. The number of benzene rings is 1. The van der Waals surface area contributed by atoms with Crippen LogP contribution >= 0.6 is 0 Å². The standard InChI is InChI=1S/C16H20FNO3/c1-3-6-16(15(20)21)7-8-18(10-16)14(19)12-4-5-13(17)11(2)9-12/h4-5,9H,3,6-8,10H2,1-2H3,(H,20,21). The number of aliphatic carboxylic acids is 1. The summed E-state index contributed by atoms with van der Waals surface area (Å²) < 4.78 is 13.3. The molecule has 1 aromatic rings. The summed E-state index contributed by atoms with van der Waals surface area (Å²) in [7, 11) is 0. The Hall–Kier alpha value is -1.91. The Morgan fingerprint density at radius 1 is 1.43 bits per heavy atom. The van der Waals surface area contributed by atoms with E-state index in [1.54, 1.807) is 11.8 Å². The lowest BCUT2D eigenvalue weighted by Crippen LogP contribution is -2.37. The molecule has 0 aliphatic carbocycles. The lowest BCUT2D eigenvalue weighted by atomic mass is 9.83. The first kappa shape index (κ1) is 15.5. The second kappa shape index (κ2) is 5.84. The zero-order chi connectivity index (χ0) is 15.6. The predicted octanol–water partition coefficient (Wildman–Crippen LogP) is 2.85. The molecule has 5 heteroatoms. The second-order valence-corrected chi connectivity index (χ2v) is 5.78. The number of hydrogen-bond acceptors (Lipinski definition) is 2. The number of rotatable bonds is 4. The third-order valence-electron chi connectivity index (χ3n) is 4.23. The molecule has 21 heavy (non-hydrogen) atoms. The number of carbonyl (C=O) groups excluding carboxylic acids is 1. The second-order valence-electron chi connectivity index (χ2n) is 5.78. The van der Waals surface area contributed by atoms with E-state index in [2.05, 4.69) is 0 Å². The Bertz CT molecular complexity index is 573. The van der Waals surface area contributed by atoms with Gasteiger partial charge in [-0.2, -0.15) is 0 Å². The quantitative estimate of drug-likeness (QED) is 0.928. The van der Waals surface area contributed by atoms with Crippen LogP contribution in [0.25, 0.3) is 0 Å². The topological polar surface area (TPSA) is 57.6 Å². The van der Waals surface area contributed by atoms with Crippen LogP contribution in [-0.4, -0.2) is 35.0 Å². The van der Waals surface area contributed by atoms with Crippen molar-refractivity contribution in [2.24, 2.45) is 5.41 Å². The molecule has 1 amide bonds. The van der Waals surface area contributed by atoms with Crippen LogP contribution in [0.1, 0.15) is 42.1 Å². The molecule has 114 valence electrons.